The van der Waals surface area contributed by atoms with Crippen LogP contribution in [0, 0.1) is 17.7 Å². The molecule has 0 radical (unpaired) electrons. The first kappa shape index (κ1) is 39.6. The number of hydrogen-bond donors (Lipinski definition) is 4. The number of aliphatic hydroxyl groups excluding tert-OH is 1. The molecule has 10 nitrogen and oxygen atoms in total. The van der Waals surface area contributed by atoms with Crippen molar-refractivity contribution in [3.05, 3.63) is 95.8 Å². The third kappa shape index (κ3) is 11.1. The summed E-state index contributed by atoms with van der Waals surface area (Å²) in [4.78, 5) is 29.0. The molecule has 0 spiro atoms. The Morgan fingerprint density at radius 1 is 0.918 bits per heavy atom. The molecule has 3 aromatic rings. The van der Waals surface area contributed by atoms with Crippen molar-refractivity contribution in [2.45, 2.75) is 76.6 Å². The highest BCUT2D eigenvalue weighted by atomic mass is 32.2. The van der Waals surface area contributed by atoms with Crippen molar-refractivity contribution >= 4 is 27.5 Å². The number of nitrogen functional groups attached to an aromatic ring is 1. The third-order valence-electron chi connectivity index (χ3n) is 8.70. The van der Waals surface area contributed by atoms with Crippen LogP contribution in [0.25, 0.3) is 0 Å². The van der Waals surface area contributed by atoms with Crippen LogP contribution in [-0.4, -0.2) is 79.4 Å². The standard InChI is InChI=1S/C37H52FN5O5S/c1-25(2)22-43(49(47,48)31-18-16-30(39)17-19-31)23-33(44)32(20-27-12-9-8-10-13-27)40-36(46)35(26(3)4)41-34(45)24-42(7)37(5,6)28-14-11-15-29(38)21-28/h8-19,21,25-26,32-33,35,44H,20,22-24,39H2,1-7H3,(H,40,46)(H,41,45)/t32-,33+,35-/m0/s1. The lowest BCUT2D eigenvalue weighted by Gasteiger charge is -2.36. The number of hydrogen-bond acceptors (Lipinski definition) is 7. The smallest absolute Gasteiger partial charge is 0.243 e. The van der Waals surface area contributed by atoms with Crippen LogP contribution in [0.2, 0.25) is 0 Å². The fraction of sp³-hybridized carbons (Fsp3) is 0.459. The number of carbonyl (C=O) groups is 2. The van der Waals surface area contributed by atoms with Crippen LogP contribution < -0.4 is 16.4 Å². The maximum atomic E-state index is 13.9. The minimum atomic E-state index is -4.01. The van der Waals surface area contributed by atoms with Crippen LogP contribution in [0.3, 0.4) is 0 Å². The zero-order valence-electron chi connectivity index (χ0n) is 29.6. The van der Waals surface area contributed by atoms with E-state index in [2.05, 4.69) is 10.6 Å². The van der Waals surface area contributed by atoms with Crippen molar-refractivity contribution in [3.8, 4) is 0 Å². The van der Waals surface area contributed by atoms with Gasteiger partial charge in [-0.3, -0.25) is 14.5 Å². The molecule has 0 heterocycles. The minimum Gasteiger partial charge on any atom is -0.399 e. The van der Waals surface area contributed by atoms with Gasteiger partial charge in [0, 0.05) is 24.3 Å². The molecular weight excluding hydrogens is 646 g/mol. The van der Waals surface area contributed by atoms with E-state index in [0.29, 0.717) is 11.3 Å². The van der Waals surface area contributed by atoms with Crippen molar-refractivity contribution in [2.75, 3.05) is 32.4 Å². The van der Waals surface area contributed by atoms with Gasteiger partial charge in [0.05, 0.1) is 23.6 Å². The first-order chi connectivity index (χ1) is 22.9. The highest BCUT2D eigenvalue weighted by molar-refractivity contribution is 7.89. The second-order valence-corrected chi connectivity index (χ2v) is 15.8. The Labute approximate surface area is 290 Å². The summed E-state index contributed by atoms with van der Waals surface area (Å²) in [7, 11) is -2.26. The fourth-order valence-electron chi connectivity index (χ4n) is 5.48. The number of nitrogens with zero attached hydrogens (tertiary/aromatic N) is 2. The molecule has 0 aliphatic rings. The van der Waals surface area contributed by atoms with Crippen molar-refractivity contribution in [1.29, 1.82) is 0 Å². The molecule has 12 heteroatoms. The van der Waals surface area contributed by atoms with Gasteiger partial charge in [-0.15, -0.1) is 0 Å². The molecule has 0 unspecified atom stereocenters. The van der Waals surface area contributed by atoms with Gasteiger partial charge in [0.2, 0.25) is 21.8 Å². The molecule has 268 valence electrons. The zero-order valence-corrected chi connectivity index (χ0v) is 30.4. The molecule has 49 heavy (non-hydrogen) atoms. The van der Waals surface area contributed by atoms with E-state index < -0.39 is 45.6 Å². The third-order valence-corrected chi connectivity index (χ3v) is 10.5. The van der Waals surface area contributed by atoms with Gasteiger partial charge in [0.1, 0.15) is 11.9 Å². The predicted molar refractivity (Wildman–Crippen MR) is 191 cm³/mol. The van der Waals surface area contributed by atoms with Gasteiger partial charge in [-0.05, 0) is 86.7 Å². The minimum absolute atomic E-state index is 0.0475. The number of likely N-dealkylation sites (N-methyl/N-ethyl adjacent to an activating group) is 1. The average Bonchev–Trinajstić information content (AvgIpc) is 3.03. The number of nitrogens with two attached hydrogens (primary N) is 1. The van der Waals surface area contributed by atoms with Gasteiger partial charge >= 0.3 is 0 Å². The summed E-state index contributed by atoms with van der Waals surface area (Å²) in [6, 6.07) is 19.5. The highest BCUT2D eigenvalue weighted by Crippen LogP contribution is 2.27. The Hall–Kier alpha value is -3.84. The van der Waals surface area contributed by atoms with Crippen LogP contribution in [0.1, 0.15) is 52.7 Å². The Balaban J connectivity index is 1.82. The van der Waals surface area contributed by atoms with Gasteiger partial charge in [-0.25, -0.2) is 12.8 Å². The molecule has 5 N–H and O–H groups in total. The molecule has 2 amide bonds. The van der Waals surface area contributed by atoms with E-state index in [1.54, 1.807) is 37.9 Å². The molecule has 3 rings (SSSR count). The first-order valence-electron chi connectivity index (χ1n) is 16.6. The summed E-state index contributed by atoms with van der Waals surface area (Å²) in [6.07, 6.45) is -1.08. The summed E-state index contributed by atoms with van der Waals surface area (Å²) < 4.78 is 42.6. The lowest BCUT2D eigenvalue weighted by Crippen LogP contribution is -2.58. The van der Waals surface area contributed by atoms with E-state index in [4.69, 9.17) is 5.73 Å². The molecule has 0 fully saturated rings. The maximum absolute atomic E-state index is 13.9. The largest absolute Gasteiger partial charge is 0.399 e. The molecular formula is C37H52FN5O5S. The van der Waals surface area contributed by atoms with Crippen molar-refractivity contribution in [2.24, 2.45) is 11.8 Å². The van der Waals surface area contributed by atoms with E-state index >= 15 is 0 Å². The van der Waals surface area contributed by atoms with Crippen LogP contribution in [0.15, 0.2) is 83.8 Å². The quantitative estimate of drug-likeness (QED) is 0.155. The number of sulfonamides is 1. The van der Waals surface area contributed by atoms with Crippen molar-refractivity contribution in [3.63, 3.8) is 0 Å². The number of halogens is 1. The monoisotopic (exact) mass is 697 g/mol. The van der Waals surface area contributed by atoms with Crippen LogP contribution in [-0.2, 0) is 31.6 Å². The lowest BCUT2D eigenvalue weighted by molar-refractivity contribution is -0.132. The first-order valence-corrected chi connectivity index (χ1v) is 18.0. The molecule has 3 atom stereocenters. The predicted octanol–water partition coefficient (Wildman–Crippen LogP) is 4.15. The summed E-state index contributed by atoms with van der Waals surface area (Å²) in [6.45, 7) is 10.9. The second kappa shape index (κ2) is 17.2. The normalized spacial score (nSPS) is 14.2. The van der Waals surface area contributed by atoms with E-state index in [-0.39, 0.29) is 48.6 Å². The fourth-order valence-corrected chi connectivity index (χ4v) is 7.10. The zero-order chi connectivity index (χ0) is 36.5. The highest BCUT2D eigenvalue weighted by Gasteiger charge is 2.34. The van der Waals surface area contributed by atoms with Gasteiger partial charge < -0.3 is 21.5 Å². The Bertz CT molecular complexity index is 1630. The van der Waals surface area contributed by atoms with E-state index in [1.165, 1.54) is 40.7 Å². The van der Waals surface area contributed by atoms with E-state index in [1.807, 2.05) is 58.0 Å². The molecule has 0 aliphatic carbocycles. The van der Waals surface area contributed by atoms with E-state index in [0.717, 1.165) is 5.56 Å². The lowest BCUT2D eigenvalue weighted by atomic mass is 9.92. The number of anilines is 1. The molecule has 0 aromatic heterocycles. The topological polar surface area (TPSA) is 145 Å². The van der Waals surface area contributed by atoms with Gasteiger partial charge in [-0.1, -0.05) is 70.2 Å². The second-order valence-electron chi connectivity index (χ2n) is 13.9. The number of benzene rings is 3. The molecule has 0 aliphatic heterocycles. The number of amides is 2. The molecule has 3 aromatic carbocycles. The maximum Gasteiger partial charge on any atom is 0.243 e. The van der Waals surface area contributed by atoms with Gasteiger partial charge in [0.25, 0.3) is 0 Å². The molecule has 0 saturated carbocycles. The van der Waals surface area contributed by atoms with Crippen LogP contribution in [0.5, 0.6) is 0 Å². The summed E-state index contributed by atoms with van der Waals surface area (Å²) >= 11 is 0. The number of aliphatic hydroxyl groups is 1. The molecule has 0 saturated heterocycles. The molecule has 0 bridgehead atoms. The number of rotatable bonds is 17. The summed E-state index contributed by atoms with van der Waals surface area (Å²) in [5.74, 6) is -1.65. The average molecular weight is 698 g/mol. The van der Waals surface area contributed by atoms with Gasteiger partial charge in [-0.2, -0.15) is 4.31 Å². The van der Waals surface area contributed by atoms with Crippen molar-refractivity contribution < 1.29 is 27.5 Å². The van der Waals surface area contributed by atoms with Crippen LogP contribution in [0.4, 0.5) is 10.1 Å². The van der Waals surface area contributed by atoms with Crippen LogP contribution >= 0.6 is 0 Å². The number of carbonyl (C=O) groups excluding carboxylic acids is 2. The SMILES string of the molecule is CC(C)CN(C[C@@H](O)[C@H](Cc1ccccc1)NC(=O)[C@@H](NC(=O)CN(C)C(C)(C)c1cccc(F)c1)C(C)C)S(=O)(=O)c1ccc(N)cc1. The Kier molecular flexibility index (Phi) is 13.9. The summed E-state index contributed by atoms with van der Waals surface area (Å²) in [5.41, 5.74) is 7.05. The van der Waals surface area contributed by atoms with Gasteiger partial charge in [0.15, 0.2) is 0 Å². The Morgan fingerprint density at radius 2 is 1.55 bits per heavy atom. The number of nitrogens with one attached hydrogen (secondary N) is 2. The van der Waals surface area contributed by atoms with E-state index in [9.17, 15) is 27.5 Å². The van der Waals surface area contributed by atoms with Crippen molar-refractivity contribution in [1.82, 2.24) is 19.8 Å². The Morgan fingerprint density at radius 3 is 2.12 bits per heavy atom. The summed E-state index contributed by atoms with van der Waals surface area (Å²) in [5, 5.41) is 17.4.